The van der Waals surface area contributed by atoms with Crippen molar-refractivity contribution in [2.45, 2.75) is 33.3 Å². The molecule has 4 heteroatoms. The Morgan fingerprint density at radius 3 is 3.05 bits per heavy atom. The van der Waals surface area contributed by atoms with Gasteiger partial charge >= 0.3 is 0 Å². The van der Waals surface area contributed by atoms with Crippen LogP contribution in [0.1, 0.15) is 30.2 Å². The number of nitrogens with one attached hydrogen (secondary N) is 1. The van der Waals surface area contributed by atoms with Gasteiger partial charge in [-0.2, -0.15) is 0 Å². The van der Waals surface area contributed by atoms with Crippen LogP contribution >= 0.6 is 15.9 Å². The van der Waals surface area contributed by atoms with Crippen LogP contribution in [0.15, 0.2) is 16.6 Å². The van der Waals surface area contributed by atoms with Crippen molar-refractivity contribution in [3.05, 3.63) is 33.4 Å². The van der Waals surface area contributed by atoms with Crippen molar-refractivity contribution in [2.24, 2.45) is 0 Å². The average molecular weight is 335 g/mol. The lowest BCUT2D eigenvalue weighted by atomic mass is 10.0. The zero-order valence-electron chi connectivity index (χ0n) is 11.9. The van der Waals surface area contributed by atoms with Crippen LogP contribution in [-0.2, 0) is 17.8 Å². The number of ether oxygens (including phenoxy) is 1. The Hall–Kier alpha value is -1.13. The van der Waals surface area contributed by atoms with Gasteiger partial charge in [0.25, 0.3) is 0 Å². The van der Waals surface area contributed by atoms with E-state index in [-0.39, 0.29) is 0 Å². The fourth-order valence-corrected chi connectivity index (χ4v) is 3.37. The third-order valence-corrected chi connectivity index (χ3v) is 4.26. The summed E-state index contributed by atoms with van der Waals surface area (Å²) in [6.45, 7) is 6.69. The normalized spacial score (nSPS) is 14.3. The molecule has 0 aliphatic carbocycles. The molecule has 1 aromatic heterocycles. The predicted octanol–water partition coefficient (Wildman–Crippen LogP) is 4.20. The molecule has 2 aromatic rings. The molecule has 0 unspecified atom stereocenters. The number of benzene rings is 1. The van der Waals surface area contributed by atoms with Gasteiger partial charge in [0.15, 0.2) is 0 Å². The first-order chi connectivity index (χ1) is 9.70. The van der Waals surface area contributed by atoms with E-state index in [0.717, 1.165) is 36.0 Å². The highest BCUT2D eigenvalue weighted by Gasteiger charge is 2.19. The minimum atomic E-state index is 0.663. The Kier molecular flexibility index (Phi) is 3.94. The first kappa shape index (κ1) is 13.8. The number of anilines is 1. The summed E-state index contributed by atoms with van der Waals surface area (Å²) < 4.78 is 6.70. The lowest BCUT2D eigenvalue weighted by Gasteiger charge is -2.22. The number of hydrogen-bond donors (Lipinski definition) is 1. The molecule has 0 atom stereocenters. The topological polar surface area (TPSA) is 34.2 Å². The Morgan fingerprint density at radius 1 is 1.40 bits per heavy atom. The van der Waals surface area contributed by atoms with Crippen molar-refractivity contribution in [3.63, 3.8) is 0 Å². The Morgan fingerprint density at radius 2 is 2.25 bits per heavy atom. The van der Waals surface area contributed by atoms with Gasteiger partial charge in [-0.05, 0) is 47.0 Å². The molecule has 0 saturated heterocycles. The average Bonchev–Trinajstić information content (AvgIpc) is 2.44. The summed E-state index contributed by atoms with van der Waals surface area (Å²) in [5, 5.41) is 4.77. The summed E-state index contributed by atoms with van der Waals surface area (Å²) in [6, 6.07) is 4.34. The zero-order chi connectivity index (χ0) is 14.1. The molecule has 0 amide bonds. The molecule has 1 aliphatic rings. The van der Waals surface area contributed by atoms with Gasteiger partial charge in [-0.3, -0.25) is 4.98 Å². The van der Waals surface area contributed by atoms with E-state index in [9.17, 15) is 0 Å². The predicted molar refractivity (Wildman–Crippen MR) is 86.3 cm³/mol. The van der Waals surface area contributed by atoms with Crippen molar-refractivity contribution < 1.29 is 4.74 Å². The van der Waals surface area contributed by atoms with Crippen LogP contribution in [0.5, 0.6) is 0 Å². The van der Waals surface area contributed by atoms with Gasteiger partial charge < -0.3 is 10.1 Å². The summed E-state index contributed by atoms with van der Waals surface area (Å²) in [5.41, 5.74) is 5.90. The van der Waals surface area contributed by atoms with Crippen molar-refractivity contribution in [3.8, 4) is 0 Å². The highest BCUT2D eigenvalue weighted by Crippen LogP contribution is 2.35. The number of rotatable bonds is 3. The Balaban J connectivity index is 2.27. The molecule has 1 aliphatic heterocycles. The lowest BCUT2D eigenvalue weighted by Crippen LogP contribution is -2.16. The van der Waals surface area contributed by atoms with E-state index >= 15 is 0 Å². The molecule has 0 radical (unpaired) electrons. The number of hydrogen-bond acceptors (Lipinski definition) is 3. The van der Waals surface area contributed by atoms with Crippen molar-refractivity contribution in [1.29, 1.82) is 0 Å². The summed E-state index contributed by atoms with van der Waals surface area (Å²) in [4.78, 5) is 4.86. The van der Waals surface area contributed by atoms with Gasteiger partial charge in [-0.15, -0.1) is 0 Å². The molecule has 2 heterocycles. The van der Waals surface area contributed by atoms with Crippen LogP contribution in [0.2, 0.25) is 0 Å². The first-order valence-electron chi connectivity index (χ1n) is 7.14. The Bertz CT molecular complexity index is 655. The molecule has 0 spiro atoms. The maximum atomic E-state index is 5.63. The van der Waals surface area contributed by atoms with Crippen LogP contribution in [-0.4, -0.2) is 18.1 Å². The second kappa shape index (κ2) is 5.70. The standard InChI is InChI=1S/C16H19BrN2O/c1-3-5-18-15-11-7-10(2)8-13(17)16(11)19-14-4-6-20-9-12(14)15/h7-8H,3-6,9H2,1-2H3,(H,18,19). The van der Waals surface area contributed by atoms with Crippen molar-refractivity contribution in [2.75, 3.05) is 18.5 Å². The van der Waals surface area contributed by atoms with E-state index in [1.807, 2.05) is 0 Å². The fourth-order valence-electron chi connectivity index (χ4n) is 2.71. The third-order valence-electron chi connectivity index (χ3n) is 3.66. The van der Waals surface area contributed by atoms with E-state index in [1.54, 1.807) is 0 Å². The van der Waals surface area contributed by atoms with E-state index in [1.165, 1.54) is 27.9 Å². The van der Waals surface area contributed by atoms with Crippen LogP contribution in [0.3, 0.4) is 0 Å². The molecule has 1 N–H and O–H groups in total. The minimum absolute atomic E-state index is 0.663. The van der Waals surface area contributed by atoms with Crippen LogP contribution in [0, 0.1) is 6.92 Å². The molecule has 0 saturated carbocycles. The summed E-state index contributed by atoms with van der Waals surface area (Å²) in [7, 11) is 0. The maximum Gasteiger partial charge on any atom is 0.0868 e. The summed E-state index contributed by atoms with van der Waals surface area (Å²) in [6.07, 6.45) is 2.00. The number of nitrogens with zero attached hydrogens (tertiary/aromatic N) is 1. The molecular weight excluding hydrogens is 316 g/mol. The van der Waals surface area contributed by atoms with Gasteiger partial charge in [-0.25, -0.2) is 0 Å². The highest BCUT2D eigenvalue weighted by atomic mass is 79.9. The van der Waals surface area contributed by atoms with Crippen molar-refractivity contribution in [1.82, 2.24) is 4.98 Å². The first-order valence-corrected chi connectivity index (χ1v) is 7.93. The second-order valence-corrected chi connectivity index (χ2v) is 6.14. The fraction of sp³-hybridized carbons (Fsp3) is 0.438. The largest absolute Gasteiger partial charge is 0.384 e. The molecule has 3 nitrogen and oxygen atoms in total. The molecule has 1 aromatic carbocycles. The summed E-state index contributed by atoms with van der Waals surface area (Å²) >= 11 is 3.66. The van der Waals surface area contributed by atoms with E-state index in [4.69, 9.17) is 9.72 Å². The minimum Gasteiger partial charge on any atom is -0.384 e. The lowest BCUT2D eigenvalue weighted by molar-refractivity contribution is 0.110. The van der Waals surface area contributed by atoms with Gasteiger partial charge in [-0.1, -0.05) is 6.92 Å². The van der Waals surface area contributed by atoms with E-state index < -0.39 is 0 Å². The number of aromatic nitrogens is 1. The molecule has 106 valence electrons. The SMILES string of the molecule is CCCNc1c2c(nc3c(Br)cc(C)cc13)CCOC2. The number of fused-ring (bicyclic) bond motifs is 2. The van der Waals surface area contributed by atoms with E-state index in [0.29, 0.717) is 6.61 Å². The zero-order valence-corrected chi connectivity index (χ0v) is 13.5. The van der Waals surface area contributed by atoms with Gasteiger partial charge in [0.1, 0.15) is 0 Å². The number of halogens is 1. The molecule has 0 fully saturated rings. The number of pyridine rings is 1. The Labute approximate surface area is 127 Å². The van der Waals surface area contributed by atoms with Crippen LogP contribution in [0.25, 0.3) is 10.9 Å². The quantitative estimate of drug-likeness (QED) is 0.913. The molecular formula is C16H19BrN2O. The monoisotopic (exact) mass is 334 g/mol. The van der Waals surface area contributed by atoms with Crippen molar-refractivity contribution >= 4 is 32.5 Å². The highest BCUT2D eigenvalue weighted by molar-refractivity contribution is 9.10. The summed E-state index contributed by atoms with van der Waals surface area (Å²) in [5.74, 6) is 0. The molecule has 0 bridgehead atoms. The van der Waals surface area contributed by atoms with Crippen LogP contribution in [0.4, 0.5) is 5.69 Å². The van der Waals surface area contributed by atoms with Gasteiger partial charge in [0.05, 0.1) is 30.1 Å². The third kappa shape index (κ3) is 2.42. The smallest absolute Gasteiger partial charge is 0.0868 e. The van der Waals surface area contributed by atoms with Gasteiger partial charge in [0, 0.05) is 28.4 Å². The second-order valence-electron chi connectivity index (χ2n) is 5.28. The van der Waals surface area contributed by atoms with Crippen LogP contribution < -0.4 is 5.32 Å². The molecule has 3 rings (SSSR count). The maximum absolute atomic E-state index is 5.63. The number of aryl methyl sites for hydroxylation is 1. The van der Waals surface area contributed by atoms with Gasteiger partial charge in [0.2, 0.25) is 0 Å². The van der Waals surface area contributed by atoms with E-state index in [2.05, 4.69) is 47.2 Å². The molecule has 20 heavy (non-hydrogen) atoms.